The summed E-state index contributed by atoms with van der Waals surface area (Å²) in [6.07, 6.45) is 2.86. The highest BCUT2D eigenvalue weighted by Crippen LogP contribution is 2.30. The number of phenols is 1. The van der Waals surface area contributed by atoms with Gasteiger partial charge in [-0.2, -0.15) is 8.42 Å². The first-order valence-corrected chi connectivity index (χ1v) is 10.5. The Hall–Kier alpha value is -3.37. The zero-order valence-electron chi connectivity index (χ0n) is 15.2. The number of carbonyl (C=O) groups excluding carboxylic acids is 1. The summed E-state index contributed by atoms with van der Waals surface area (Å²) in [4.78, 5) is 16.7. The van der Waals surface area contributed by atoms with Crippen molar-refractivity contribution in [3.63, 3.8) is 0 Å². The van der Waals surface area contributed by atoms with E-state index in [1.807, 2.05) is 0 Å². The van der Waals surface area contributed by atoms with E-state index in [0.29, 0.717) is 11.5 Å². The maximum absolute atomic E-state index is 12.6. The summed E-state index contributed by atoms with van der Waals surface area (Å²) in [7, 11) is -4.08. The van der Waals surface area contributed by atoms with Gasteiger partial charge in [-0.3, -0.25) is 4.79 Å². The number of sulfonamides is 1. The van der Waals surface area contributed by atoms with Crippen LogP contribution in [-0.4, -0.2) is 36.8 Å². The Balaban J connectivity index is 1.56. The van der Waals surface area contributed by atoms with Gasteiger partial charge < -0.3 is 20.2 Å². The summed E-state index contributed by atoms with van der Waals surface area (Å²) in [6.45, 7) is 0.0248. The third-order valence-corrected chi connectivity index (χ3v) is 5.94. The molecule has 1 amide bonds. The molecule has 0 radical (unpaired) electrons. The number of fused-ring (bicyclic) bond motifs is 1. The zero-order valence-corrected chi connectivity index (χ0v) is 16.8. The number of amidine groups is 1. The number of phenolic OH excluding ortho intramolecular Hbond substituents is 1. The highest BCUT2D eigenvalue weighted by molar-refractivity contribution is 7.90. The van der Waals surface area contributed by atoms with Crippen LogP contribution in [0.15, 0.2) is 68.6 Å². The van der Waals surface area contributed by atoms with E-state index in [2.05, 4.69) is 20.0 Å². The van der Waals surface area contributed by atoms with E-state index >= 15 is 0 Å². The molecule has 0 fully saturated rings. The topological polar surface area (TPSA) is 134 Å². The van der Waals surface area contributed by atoms with Crippen molar-refractivity contribution in [2.75, 3.05) is 11.9 Å². The van der Waals surface area contributed by atoms with Gasteiger partial charge in [0, 0.05) is 11.6 Å². The van der Waals surface area contributed by atoms with Gasteiger partial charge in [-0.1, -0.05) is 23.7 Å². The molecule has 3 N–H and O–H groups in total. The second-order valence-electron chi connectivity index (χ2n) is 6.41. The number of oxazole rings is 1. The number of halogens is 1. The Kier molecular flexibility index (Phi) is 5.18. The van der Waals surface area contributed by atoms with Crippen LogP contribution in [0.3, 0.4) is 0 Å². The van der Waals surface area contributed by atoms with Crippen molar-refractivity contribution in [1.82, 2.24) is 10.3 Å². The zero-order chi connectivity index (χ0) is 21.3. The van der Waals surface area contributed by atoms with Crippen LogP contribution in [0.1, 0.15) is 17.4 Å². The van der Waals surface area contributed by atoms with Crippen LogP contribution in [-0.2, 0) is 14.8 Å². The number of anilines is 1. The number of aromatic nitrogens is 1. The van der Waals surface area contributed by atoms with E-state index in [4.69, 9.17) is 16.0 Å². The number of rotatable bonds is 5. The summed E-state index contributed by atoms with van der Waals surface area (Å²) >= 11 is 5.85. The summed E-state index contributed by atoms with van der Waals surface area (Å²) in [5.41, 5.74) is 0.862. The van der Waals surface area contributed by atoms with Crippen LogP contribution < -0.4 is 10.6 Å². The predicted octanol–water partition coefficient (Wildman–Crippen LogP) is 2.49. The third kappa shape index (κ3) is 4.00. The normalized spacial score (nSPS) is 15.4. The van der Waals surface area contributed by atoms with Gasteiger partial charge in [0.25, 0.3) is 15.9 Å². The summed E-state index contributed by atoms with van der Waals surface area (Å²) < 4.78 is 33.7. The van der Waals surface area contributed by atoms with Crippen LogP contribution in [0.2, 0.25) is 5.02 Å². The van der Waals surface area contributed by atoms with Crippen molar-refractivity contribution >= 4 is 39.1 Å². The minimum atomic E-state index is -4.08. The van der Waals surface area contributed by atoms with Gasteiger partial charge in [0.05, 0.1) is 17.8 Å². The summed E-state index contributed by atoms with van der Waals surface area (Å²) in [5, 5.41) is 15.3. The fourth-order valence-corrected chi connectivity index (χ4v) is 4.38. The van der Waals surface area contributed by atoms with Crippen molar-refractivity contribution in [3.05, 3.63) is 71.4 Å². The maximum atomic E-state index is 12.6. The number of nitrogens with one attached hydrogen (secondary N) is 2. The minimum absolute atomic E-state index is 0.0248. The molecule has 0 saturated heterocycles. The van der Waals surface area contributed by atoms with Gasteiger partial charge in [-0.25, -0.2) is 4.98 Å². The molecular formula is C19H15ClN4O5S. The van der Waals surface area contributed by atoms with E-state index in [1.165, 1.54) is 42.8 Å². The Morgan fingerprint density at radius 2 is 2.10 bits per heavy atom. The minimum Gasteiger partial charge on any atom is -0.508 e. The lowest BCUT2D eigenvalue weighted by Crippen LogP contribution is -2.40. The first-order chi connectivity index (χ1) is 14.3. The molecule has 0 aliphatic carbocycles. The SMILES string of the molecule is O=C(NCC(c1cccc(O)c1)c1ncco1)C1=NS(=O)(=O)c2cc(Cl)ccc2N1. The van der Waals surface area contributed by atoms with Crippen LogP contribution in [0, 0.1) is 0 Å². The average Bonchev–Trinajstić information content (AvgIpc) is 3.22. The number of hydrogen-bond donors (Lipinski definition) is 3. The second-order valence-corrected chi connectivity index (χ2v) is 8.42. The molecule has 0 saturated carbocycles. The lowest BCUT2D eigenvalue weighted by atomic mass is 9.98. The van der Waals surface area contributed by atoms with Crippen LogP contribution in [0.4, 0.5) is 5.69 Å². The van der Waals surface area contributed by atoms with Crippen molar-refractivity contribution in [2.45, 2.75) is 10.8 Å². The van der Waals surface area contributed by atoms with Gasteiger partial charge in [0.15, 0.2) is 0 Å². The van der Waals surface area contributed by atoms with Crippen molar-refractivity contribution < 1.29 is 22.7 Å². The molecular weight excluding hydrogens is 432 g/mol. The van der Waals surface area contributed by atoms with Crippen LogP contribution in [0.5, 0.6) is 5.75 Å². The highest BCUT2D eigenvalue weighted by Gasteiger charge is 2.29. The maximum Gasteiger partial charge on any atom is 0.287 e. The molecule has 4 rings (SSSR count). The third-order valence-electron chi connectivity index (χ3n) is 4.39. The predicted molar refractivity (Wildman–Crippen MR) is 109 cm³/mol. The molecule has 1 aliphatic heterocycles. The molecule has 154 valence electrons. The second kappa shape index (κ2) is 7.81. The standard InChI is InChI=1S/C19H15ClN4O5S/c20-12-4-5-15-16(9-12)30(27,28)24-17(23-15)18(26)22-10-14(19-21-6-7-29-19)11-2-1-3-13(25)8-11/h1-9,14,25H,10H2,(H,22,26)(H,23,24). The smallest absolute Gasteiger partial charge is 0.287 e. The molecule has 3 aromatic rings. The Morgan fingerprint density at radius 1 is 1.27 bits per heavy atom. The largest absolute Gasteiger partial charge is 0.508 e. The number of nitrogens with zero attached hydrogens (tertiary/aromatic N) is 2. The molecule has 1 unspecified atom stereocenters. The number of carbonyl (C=O) groups is 1. The van der Waals surface area contributed by atoms with Gasteiger partial charge in [0.2, 0.25) is 11.7 Å². The Bertz CT molecular complexity index is 1240. The van der Waals surface area contributed by atoms with Gasteiger partial charge >= 0.3 is 0 Å². The number of hydrogen-bond acceptors (Lipinski definition) is 7. The highest BCUT2D eigenvalue weighted by atomic mass is 35.5. The summed E-state index contributed by atoms with van der Waals surface area (Å²) in [5.74, 6) is -1.23. The van der Waals surface area contributed by atoms with Crippen molar-refractivity contribution in [2.24, 2.45) is 4.40 Å². The fourth-order valence-electron chi connectivity index (χ4n) is 3.01. The number of aromatic hydroxyl groups is 1. The van der Waals surface area contributed by atoms with E-state index in [9.17, 15) is 18.3 Å². The monoisotopic (exact) mass is 446 g/mol. The molecule has 2 aromatic carbocycles. The number of benzene rings is 2. The van der Waals surface area contributed by atoms with Crippen molar-refractivity contribution in [1.29, 1.82) is 0 Å². The molecule has 0 spiro atoms. The van der Waals surface area contributed by atoms with E-state index in [0.717, 1.165) is 0 Å². The van der Waals surface area contributed by atoms with Gasteiger partial charge in [-0.15, -0.1) is 4.40 Å². The van der Waals surface area contributed by atoms with Crippen LogP contribution >= 0.6 is 11.6 Å². The van der Waals surface area contributed by atoms with E-state index < -0.39 is 21.8 Å². The lowest BCUT2D eigenvalue weighted by molar-refractivity contribution is -0.114. The first kappa shape index (κ1) is 19.9. The fraction of sp³-hybridized carbons (Fsp3) is 0.105. The molecule has 2 heterocycles. The van der Waals surface area contributed by atoms with E-state index in [-0.39, 0.29) is 33.7 Å². The quantitative estimate of drug-likeness (QED) is 0.548. The van der Waals surface area contributed by atoms with Crippen LogP contribution in [0.25, 0.3) is 0 Å². The first-order valence-electron chi connectivity index (χ1n) is 8.71. The Labute approximate surface area is 176 Å². The van der Waals surface area contributed by atoms with Gasteiger partial charge in [0.1, 0.15) is 16.9 Å². The molecule has 1 atom stereocenters. The molecule has 1 aromatic heterocycles. The molecule has 0 bridgehead atoms. The average molecular weight is 447 g/mol. The van der Waals surface area contributed by atoms with Crippen molar-refractivity contribution in [3.8, 4) is 5.75 Å². The molecule has 11 heteroatoms. The number of amides is 1. The Morgan fingerprint density at radius 3 is 2.83 bits per heavy atom. The van der Waals surface area contributed by atoms with Gasteiger partial charge in [-0.05, 0) is 35.9 Å². The molecule has 30 heavy (non-hydrogen) atoms. The molecule has 9 nitrogen and oxygen atoms in total. The van der Waals surface area contributed by atoms with E-state index in [1.54, 1.807) is 12.1 Å². The lowest BCUT2D eigenvalue weighted by Gasteiger charge is -2.19. The molecule has 1 aliphatic rings. The summed E-state index contributed by atoms with van der Waals surface area (Å²) in [6, 6.07) is 10.7.